The molecular weight excluding hydrogens is 326 g/mol. The average molecular weight is 336 g/mol. The number of halogens is 1. The molecule has 2 aromatic heterocycles. The van der Waals surface area contributed by atoms with Crippen LogP contribution in [0.5, 0.6) is 5.88 Å². The number of para-hydroxylation sites is 1. The maximum Gasteiger partial charge on any atom is 0.215 e. The predicted molar refractivity (Wildman–Crippen MR) is 80.5 cm³/mol. The summed E-state index contributed by atoms with van der Waals surface area (Å²) < 4.78 is 8.61. The number of hydrogen-bond donors (Lipinski definition) is 1. The van der Waals surface area contributed by atoms with Crippen molar-refractivity contribution in [3.8, 4) is 11.6 Å². The highest BCUT2D eigenvalue weighted by Gasteiger charge is 2.11. The van der Waals surface area contributed by atoms with E-state index in [-0.39, 0.29) is 0 Å². The first-order valence-corrected chi connectivity index (χ1v) is 6.81. The molecule has 1 N–H and O–H groups in total. The number of fused-ring (bicyclic) bond motifs is 1. The molecule has 96 valence electrons. The number of ether oxygens (including phenoxy) is 1. The van der Waals surface area contributed by atoms with Gasteiger partial charge in [0.25, 0.3) is 0 Å². The van der Waals surface area contributed by atoms with E-state index in [0.717, 1.165) is 21.3 Å². The van der Waals surface area contributed by atoms with E-state index in [9.17, 15) is 0 Å². The lowest BCUT2D eigenvalue weighted by Gasteiger charge is -2.06. The van der Waals surface area contributed by atoms with E-state index in [1.165, 1.54) is 0 Å². The van der Waals surface area contributed by atoms with E-state index in [0.29, 0.717) is 10.7 Å². The minimum atomic E-state index is 0.558. The van der Waals surface area contributed by atoms with Gasteiger partial charge in [0.15, 0.2) is 10.4 Å². The van der Waals surface area contributed by atoms with Gasteiger partial charge in [-0.3, -0.25) is 4.57 Å². The quantitative estimate of drug-likeness (QED) is 0.723. The maximum atomic E-state index is 5.38. The van der Waals surface area contributed by atoms with E-state index < -0.39 is 0 Å². The average Bonchev–Trinajstić information content (AvgIpc) is 2.74. The van der Waals surface area contributed by atoms with Crippen LogP contribution < -0.4 is 4.74 Å². The van der Waals surface area contributed by atoms with Crippen LogP contribution in [0.1, 0.15) is 0 Å². The third-order valence-electron chi connectivity index (χ3n) is 2.81. The second-order valence-corrected chi connectivity index (χ2v) is 5.18. The summed E-state index contributed by atoms with van der Waals surface area (Å²) in [6.45, 7) is 0. The Morgan fingerprint density at radius 2 is 2.05 bits per heavy atom. The SMILES string of the molecule is COc1ccc2[nH]c(=S)n(-c3ccccc3Br)c2n1. The zero-order valence-corrected chi connectivity index (χ0v) is 12.5. The van der Waals surface area contributed by atoms with Crippen LogP contribution in [0, 0.1) is 4.77 Å². The van der Waals surface area contributed by atoms with E-state index >= 15 is 0 Å². The largest absolute Gasteiger partial charge is 0.481 e. The number of nitrogens with zero attached hydrogens (tertiary/aromatic N) is 2. The van der Waals surface area contributed by atoms with Crippen LogP contribution in [0.4, 0.5) is 0 Å². The van der Waals surface area contributed by atoms with Gasteiger partial charge in [-0.1, -0.05) is 12.1 Å². The van der Waals surface area contributed by atoms with Crippen LogP contribution in [0.25, 0.3) is 16.9 Å². The molecule has 0 fully saturated rings. The Labute approximate surface area is 123 Å². The van der Waals surface area contributed by atoms with Crippen molar-refractivity contribution in [3.05, 3.63) is 45.6 Å². The van der Waals surface area contributed by atoms with Crippen molar-refractivity contribution in [2.45, 2.75) is 0 Å². The van der Waals surface area contributed by atoms with Crippen molar-refractivity contribution in [1.82, 2.24) is 14.5 Å². The summed E-state index contributed by atoms with van der Waals surface area (Å²) in [5.41, 5.74) is 2.57. The molecule has 0 bridgehead atoms. The molecule has 0 saturated heterocycles. The van der Waals surface area contributed by atoms with Crippen molar-refractivity contribution in [2.24, 2.45) is 0 Å². The minimum absolute atomic E-state index is 0.558. The first kappa shape index (κ1) is 12.4. The van der Waals surface area contributed by atoms with E-state index in [2.05, 4.69) is 25.9 Å². The first-order valence-electron chi connectivity index (χ1n) is 5.61. The Kier molecular flexibility index (Phi) is 3.12. The molecule has 3 aromatic rings. The fourth-order valence-corrected chi connectivity index (χ4v) is 2.69. The van der Waals surface area contributed by atoms with Gasteiger partial charge in [0.05, 0.1) is 18.3 Å². The van der Waals surface area contributed by atoms with Gasteiger partial charge < -0.3 is 9.72 Å². The summed E-state index contributed by atoms with van der Waals surface area (Å²) in [5.74, 6) is 0.558. The molecule has 0 aliphatic rings. The molecule has 6 heteroatoms. The molecule has 0 spiro atoms. The monoisotopic (exact) mass is 335 g/mol. The van der Waals surface area contributed by atoms with Crippen molar-refractivity contribution in [1.29, 1.82) is 0 Å². The lowest BCUT2D eigenvalue weighted by atomic mass is 10.3. The molecule has 0 unspecified atom stereocenters. The van der Waals surface area contributed by atoms with Crippen LogP contribution in [0.15, 0.2) is 40.9 Å². The van der Waals surface area contributed by atoms with Gasteiger partial charge in [-0.25, -0.2) is 0 Å². The number of pyridine rings is 1. The molecule has 4 nitrogen and oxygen atoms in total. The molecule has 2 heterocycles. The number of aromatic nitrogens is 3. The summed E-state index contributed by atoms with van der Waals surface area (Å²) in [4.78, 5) is 7.60. The highest BCUT2D eigenvalue weighted by Crippen LogP contribution is 2.25. The normalized spacial score (nSPS) is 10.8. The molecule has 0 aliphatic heterocycles. The van der Waals surface area contributed by atoms with E-state index in [1.807, 2.05) is 34.9 Å². The molecule has 19 heavy (non-hydrogen) atoms. The summed E-state index contributed by atoms with van der Waals surface area (Å²) in [6, 6.07) is 11.6. The zero-order valence-electron chi connectivity index (χ0n) is 10.1. The van der Waals surface area contributed by atoms with Crippen molar-refractivity contribution < 1.29 is 4.74 Å². The standard InChI is InChI=1S/C13H10BrN3OS/c1-18-11-7-6-9-12(16-11)17(13(19)15-9)10-5-3-2-4-8(10)14/h2-7H,1H3,(H,15,19). The number of imidazole rings is 1. The van der Waals surface area contributed by atoms with Crippen LogP contribution in [-0.4, -0.2) is 21.6 Å². The molecule has 0 aliphatic carbocycles. The number of benzene rings is 1. The van der Waals surface area contributed by atoms with Crippen molar-refractivity contribution in [2.75, 3.05) is 7.11 Å². The summed E-state index contributed by atoms with van der Waals surface area (Å²) in [6.07, 6.45) is 0. The Hall–Kier alpha value is -1.66. The molecule has 1 aromatic carbocycles. The van der Waals surface area contributed by atoms with Crippen molar-refractivity contribution in [3.63, 3.8) is 0 Å². The molecule has 0 atom stereocenters. The van der Waals surface area contributed by atoms with E-state index in [1.54, 1.807) is 13.2 Å². The fraction of sp³-hybridized carbons (Fsp3) is 0.0769. The Morgan fingerprint density at radius 3 is 2.79 bits per heavy atom. The Balaban J connectivity index is 2.37. The van der Waals surface area contributed by atoms with Gasteiger partial charge in [-0.15, -0.1) is 0 Å². The highest BCUT2D eigenvalue weighted by molar-refractivity contribution is 9.10. The summed E-state index contributed by atoms with van der Waals surface area (Å²) in [7, 11) is 1.60. The van der Waals surface area contributed by atoms with Gasteiger partial charge in [-0.05, 0) is 46.3 Å². The number of nitrogens with one attached hydrogen (secondary N) is 1. The fourth-order valence-electron chi connectivity index (χ4n) is 1.94. The lowest BCUT2D eigenvalue weighted by Crippen LogP contribution is -1.97. The van der Waals surface area contributed by atoms with Gasteiger partial charge in [0.2, 0.25) is 5.88 Å². The number of aromatic amines is 1. The highest BCUT2D eigenvalue weighted by atomic mass is 79.9. The molecule has 0 amide bonds. The molecule has 0 saturated carbocycles. The number of methoxy groups -OCH3 is 1. The van der Waals surface area contributed by atoms with Gasteiger partial charge in [0.1, 0.15) is 0 Å². The zero-order chi connectivity index (χ0) is 13.4. The number of H-pyrrole nitrogens is 1. The molecular formula is C13H10BrN3OS. The van der Waals surface area contributed by atoms with Crippen LogP contribution >= 0.6 is 28.1 Å². The van der Waals surface area contributed by atoms with Gasteiger partial charge in [-0.2, -0.15) is 4.98 Å². The second-order valence-electron chi connectivity index (χ2n) is 3.94. The number of hydrogen-bond acceptors (Lipinski definition) is 3. The molecule has 0 radical (unpaired) electrons. The third-order valence-corrected chi connectivity index (χ3v) is 3.76. The lowest BCUT2D eigenvalue weighted by molar-refractivity contribution is 0.399. The number of rotatable bonds is 2. The predicted octanol–water partition coefficient (Wildman–Crippen LogP) is 3.85. The Bertz CT molecular complexity index is 809. The summed E-state index contributed by atoms with van der Waals surface area (Å²) >= 11 is 8.91. The van der Waals surface area contributed by atoms with Crippen LogP contribution in [-0.2, 0) is 0 Å². The smallest absolute Gasteiger partial charge is 0.215 e. The summed E-state index contributed by atoms with van der Waals surface area (Å²) in [5, 5.41) is 0. The molecule has 3 rings (SSSR count). The van der Waals surface area contributed by atoms with Crippen LogP contribution in [0.3, 0.4) is 0 Å². The van der Waals surface area contributed by atoms with Gasteiger partial charge >= 0.3 is 0 Å². The van der Waals surface area contributed by atoms with Gasteiger partial charge in [0, 0.05) is 10.5 Å². The minimum Gasteiger partial charge on any atom is -0.481 e. The third kappa shape index (κ3) is 2.06. The Morgan fingerprint density at radius 1 is 1.26 bits per heavy atom. The topological polar surface area (TPSA) is 42.8 Å². The van der Waals surface area contributed by atoms with Crippen LogP contribution in [0.2, 0.25) is 0 Å². The second kappa shape index (κ2) is 4.79. The maximum absolute atomic E-state index is 5.38. The van der Waals surface area contributed by atoms with Crippen molar-refractivity contribution >= 4 is 39.3 Å². The first-order chi connectivity index (χ1) is 9.20. The van der Waals surface area contributed by atoms with E-state index in [4.69, 9.17) is 17.0 Å².